The third-order valence-corrected chi connectivity index (χ3v) is 3.85. The van der Waals surface area contributed by atoms with Crippen LogP contribution in [0.4, 0.5) is 11.4 Å². The fourth-order valence-corrected chi connectivity index (χ4v) is 2.69. The molecule has 0 N–H and O–H groups in total. The SMILES string of the molecule is CN(C)C(=O)c1cccc(N2C(=O)c3cccc([N+](=O)[O-])c3C2=O)c1. The lowest BCUT2D eigenvalue weighted by atomic mass is 10.1. The summed E-state index contributed by atoms with van der Waals surface area (Å²) in [5.74, 6) is -1.72. The number of hydrogen-bond donors (Lipinski definition) is 0. The molecule has 0 saturated heterocycles. The lowest BCUT2D eigenvalue weighted by molar-refractivity contribution is -0.385. The van der Waals surface area contributed by atoms with Crippen LogP contribution in [0.3, 0.4) is 0 Å². The van der Waals surface area contributed by atoms with E-state index in [2.05, 4.69) is 0 Å². The maximum absolute atomic E-state index is 12.7. The predicted molar refractivity (Wildman–Crippen MR) is 88.7 cm³/mol. The van der Waals surface area contributed by atoms with Crippen LogP contribution in [0.5, 0.6) is 0 Å². The van der Waals surface area contributed by atoms with Crippen LogP contribution in [0.15, 0.2) is 42.5 Å². The first kappa shape index (κ1) is 16.3. The predicted octanol–water partition coefficient (Wildman–Crippen LogP) is 2.10. The summed E-state index contributed by atoms with van der Waals surface area (Å²) < 4.78 is 0. The van der Waals surface area contributed by atoms with Gasteiger partial charge in [-0.15, -0.1) is 0 Å². The third-order valence-electron chi connectivity index (χ3n) is 3.85. The molecule has 2 aromatic carbocycles. The number of carbonyl (C=O) groups is 3. The second kappa shape index (κ2) is 5.82. The number of amides is 3. The van der Waals surface area contributed by atoms with Crippen LogP contribution in [0.1, 0.15) is 31.1 Å². The third kappa shape index (κ3) is 2.53. The van der Waals surface area contributed by atoms with Crippen LogP contribution in [-0.4, -0.2) is 41.6 Å². The Labute approximate surface area is 142 Å². The van der Waals surface area contributed by atoms with Gasteiger partial charge < -0.3 is 4.90 Å². The summed E-state index contributed by atoms with van der Waals surface area (Å²) in [4.78, 5) is 50.0. The molecule has 8 heteroatoms. The zero-order valence-corrected chi connectivity index (χ0v) is 13.4. The second-order valence-corrected chi connectivity index (χ2v) is 5.65. The van der Waals surface area contributed by atoms with Crippen molar-refractivity contribution >= 4 is 29.1 Å². The molecule has 1 heterocycles. The normalized spacial score (nSPS) is 13.0. The number of hydrogen-bond acceptors (Lipinski definition) is 5. The van der Waals surface area contributed by atoms with Crippen molar-refractivity contribution in [3.8, 4) is 0 Å². The van der Waals surface area contributed by atoms with E-state index in [4.69, 9.17) is 0 Å². The Morgan fingerprint density at radius 2 is 1.76 bits per heavy atom. The van der Waals surface area contributed by atoms with Crippen LogP contribution in [0, 0.1) is 10.1 Å². The molecule has 0 unspecified atom stereocenters. The molecular formula is C17H13N3O5. The highest BCUT2D eigenvalue weighted by Crippen LogP contribution is 2.34. The molecule has 126 valence electrons. The minimum absolute atomic E-state index is 0.0245. The number of nitro benzene ring substituents is 1. The summed E-state index contributed by atoms with van der Waals surface area (Å²) in [6, 6.07) is 9.93. The van der Waals surface area contributed by atoms with E-state index in [9.17, 15) is 24.5 Å². The Morgan fingerprint density at radius 3 is 2.40 bits per heavy atom. The average Bonchev–Trinajstić information content (AvgIpc) is 2.85. The Balaban J connectivity index is 2.09. The van der Waals surface area contributed by atoms with E-state index in [-0.39, 0.29) is 22.7 Å². The highest BCUT2D eigenvalue weighted by atomic mass is 16.6. The van der Waals surface area contributed by atoms with E-state index in [0.29, 0.717) is 5.56 Å². The molecule has 0 atom stereocenters. The van der Waals surface area contributed by atoms with Gasteiger partial charge in [-0.2, -0.15) is 0 Å². The molecule has 1 aliphatic heterocycles. The largest absolute Gasteiger partial charge is 0.345 e. The van der Waals surface area contributed by atoms with E-state index in [1.165, 1.54) is 35.2 Å². The van der Waals surface area contributed by atoms with E-state index >= 15 is 0 Å². The van der Waals surface area contributed by atoms with Gasteiger partial charge in [0.15, 0.2) is 0 Å². The van der Waals surface area contributed by atoms with Crippen molar-refractivity contribution in [2.24, 2.45) is 0 Å². The number of rotatable bonds is 3. The molecule has 2 aromatic rings. The first-order valence-corrected chi connectivity index (χ1v) is 7.31. The fraction of sp³-hybridized carbons (Fsp3) is 0.118. The summed E-state index contributed by atoms with van der Waals surface area (Å²) >= 11 is 0. The number of benzene rings is 2. The van der Waals surface area contributed by atoms with Gasteiger partial charge in [-0.1, -0.05) is 12.1 Å². The molecule has 25 heavy (non-hydrogen) atoms. The zero-order chi connectivity index (χ0) is 18.3. The van der Waals surface area contributed by atoms with Crippen molar-refractivity contribution in [2.75, 3.05) is 19.0 Å². The highest BCUT2D eigenvalue weighted by molar-refractivity contribution is 6.35. The van der Waals surface area contributed by atoms with Crippen LogP contribution in [0.25, 0.3) is 0 Å². The van der Waals surface area contributed by atoms with Gasteiger partial charge in [0.2, 0.25) is 0 Å². The molecule has 1 aliphatic rings. The number of imide groups is 1. The summed E-state index contributed by atoms with van der Waals surface area (Å²) in [5.41, 5.74) is -0.189. The lowest BCUT2D eigenvalue weighted by Gasteiger charge is -2.16. The molecule has 0 saturated carbocycles. The first-order chi connectivity index (χ1) is 11.8. The minimum atomic E-state index is -0.776. The van der Waals surface area contributed by atoms with Crippen molar-refractivity contribution in [1.82, 2.24) is 4.90 Å². The molecule has 0 spiro atoms. The lowest BCUT2D eigenvalue weighted by Crippen LogP contribution is -2.30. The van der Waals surface area contributed by atoms with Gasteiger partial charge in [0, 0.05) is 25.7 Å². The fourth-order valence-electron chi connectivity index (χ4n) is 2.69. The average molecular weight is 339 g/mol. The number of nitrogens with zero attached hydrogens (tertiary/aromatic N) is 3. The Bertz CT molecular complexity index is 936. The van der Waals surface area contributed by atoms with E-state index in [0.717, 1.165) is 4.90 Å². The van der Waals surface area contributed by atoms with Crippen molar-refractivity contribution in [3.63, 3.8) is 0 Å². The molecule has 3 amide bonds. The number of anilines is 1. The van der Waals surface area contributed by atoms with Gasteiger partial charge in [0.25, 0.3) is 23.4 Å². The van der Waals surface area contributed by atoms with Crippen LogP contribution < -0.4 is 4.90 Å². The second-order valence-electron chi connectivity index (χ2n) is 5.65. The molecule has 8 nitrogen and oxygen atoms in total. The van der Waals surface area contributed by atoms with Gasteiger partial charge >= 0.3 is 0 Å². The smallest absolute Gasteiger partial charge is 0.283 e. The van der Waals surface area contributed by atoms with Gasteiger partial charge in [-0.05, 0) is 24.3 Å². The standard InChI is InChI=1S/C17H13N3O5/c1-18(2)15(21)10-5-3-6-11(9-10)19-16(22)12-7-4-8-13(20(24)25)14(12)17(19)23/h3-9H,1-2H3. The summed E-state index contributed by atoms with van der Waals surface area (Å²) in [6.45, 7) is 0. The minimum Gasteiger partial charge on any atom is -0.345 e. The Kier molecular flexibility index (Phi) is 3.80. The van der Waals surface area contributed by atoms with Gasteiger partial charge in [0.05, 0.1) is 16.2 Å². The number of nitro groups is 1. The molecular weight excluding hydrogens is 326 g/mol. The van der Waals surface area contributed by atoms with Crippen molar-refractivity contribution < 1.29 is 19.3 Å². The Morgan fingerprint density at radius 1 is 1.08 bits per heavy atom. The molecule has 0 fully saturated rings. The van der Waals surface area contributed by atoms with Crippen molar-refractivity contribution in [1.29, 1.82) is 0 Å². The summed E-state index contributed by atoms with van der Waals surface area (Å²) in [7, 11) is 3.17. The van der Waals surface area contributed by atoms with Crippen LogP contribution >= 0.6 is 0 Å². The summed E-state index contributed by atoms with van der Waals surface area (Å²) in [6.07, 6.45) is 0. The maximum Gasteiger partial charge on any atom is 0.283 e. The maximum atomic E-state index is 12.7. The number of fused-ring (bicyclic) bond motifs is 1. The van der Waals surface area contributed by atoms with Crippen molar-refractivity contribution in [2.45, 2.75) is 0 Å². The topological polar surface area (TPSA) is 101 Å². The zero-order valence-electron chi connectivity index (χ0n) is 13.4. The molecule has 0 radical (unpaired) electrons. The van der Waals surface area contributed by atoms with Crippen molar-refractivity contribution in [3.05, 3.63) is 69.3 Å². The molecule has 0 bridgehead atoms. The van der Waals surface area contributed by atoms with Gasteiger partial charge in [-0.3, -0.25) is 24.5 Å². The van der Waals surface area contributed by atoms with E-state index in [1.807, 2.05) is 0 Å². The Hall–Kier alpha value is -3.55. The summed E-state index contributed by atoms with van der Waals surface area (Å²) in [5, 5.41) is 11.1. The monoisotopic (exact) mass is 339 g/mol. The highest BCUT2D eigenvalue weighted by Gasteiger charge is 2.41. The van der Waals surface area contributed by atoms with Crippen LogP contribution in [0.2, 0.25) is 0 Å². The molecule has 3 rings (SSSR count). The molecule has 0 aromatic heterocycles. The first-order valence-electron chi connectivity index (χ1n) is 7.31. The number of carbonyl (C=O) groups excluding carboxylic acids is 3. The van der Waals surface area contributed by atoms with Crippen LogP contribution in [-0.2, 0) is 0 Å². The quantitative estimate of drug-likeness (QED) is 0.484. The van der Waals surface area contributed by atoms with E-state index in [1.54, 1.807) is 26.2 Å². The van der Waals surface area contributed by atoms with Gasteiger partial charge in [0.1, 0.15) is 5.56 Å². The van der Waals surface area contributed by atoms with Gasteiger partial charge in [-0.25, -0.2) is 4.90 Å². The molecule has 0 aliphatic carbocycles. The van der Waals surface area contributed by atoms with E-state index < -0.39 is 22.4 Å².